The maximum atomic E-state index is 11.9. The Hall–Kier alpha value is -0.0900. The van der Waals surface area contributed by atoms with E-state index in [4.69, 9.17) is 12.2 Å². The van der Waals surface area contributed by atoms with Crippen LogP contribution >= 0.6 is 24.0 Å². The number of thiocarbonyl (C=S) groups is 1. The van der Waals surface area contributed by atoms with Gasteiger partial charge in [-0.15, -0.1) is 0 Å². The summed E-state index contributed by atoms with van der Waals surface area (Å²) in [6.07, 6.45) is 1.07. The van der Waals surface area contributed by atoms with Gasteiger partial charge in [0.05, 0.1) is 21.5 Å². The molecule has 2 fully saturated rings. The van der Waals surface area contributed by atoms with E-state index in [2.05, 4.69) is 13.8 Å². The monoisotopic (exact) mass is 229 g/mol. The molecule has 4 atom stereocenters. The van der Waals surface area contributed by atoms with Crippen LogP contribution in [0.1, 0.15) is 27.2 Å². The molecule has 0 spiro atoms. The van der Waals surface area contributed by atoms with Crippen LogP contribution in [-0.4, -0.2) is 26.4 Å². The summed E-state index contributed by atoms with van der Waals surface area (Å²) in [5, 5.41) is 0.347. The number of thioether (sulfide) groups is 1. The van der Waals surface area contributed by atoms with Gasteiger partial charge in [-0.05, 0) is 12.8 Å². The summed E-state index contributed by atoms with van der Waals surface area (Å²) in [6.45, 7) is 6.33. The van der Waals surface area contributed by atoms with Crippen LogP contribution in [0.25, 0.3) is 0 Å². The third kappa shape index (κ3) is 1.23. The molecule has 0 aromatic rings. The van der Waals surface area contributed by atoms with Gasteiger partial charge in [0.15, 0.2) is 0 Å². The number of amides is 1. The van der Waals surface area contributed by atoms with Crippen molar-refractivity contribution >= 4 is 34.1 Å². The summed E-state index contributed by atoms with van der Waals surface area (Å²) < 4.78 is 0.981. The highest BCUT2D eigenvalue weighted by Gasteiger charge is 2.56. The van der Waals surface area contributed by atoms with Crippen molar-refractivity contribution in [1.29, 1.82) is 0 Å². The van der Waals surface area contributed by atoms with Crippen molar-refractivity contribution < 1.29 is 4.79 Å². The summed E-state index contributed by atoms with van der Waals surface area (Å²) in [7, 11) is 0. The van der Waals surface area contributed by atoms with Gasteiger partial charge in [-0.1, -0.05) is 44.2 Å². The van der Waals surface area contributed by atoms with E-state index in [0.29, 0.717) is 17.2 Å². The molecule has 2 saturated heterocycles. The molecule has 0 aromatic carbocycles. The zero-order chi connectivity index (χ0) is 10.5. The van der Waals surface area contributed by atoms with Gasteiger partial charge in [0.1, 0.15) is 0 Å². The molecule has 2 aliphatic heterocycles. The fourth-order valence-electron chi connectivity index (χ4n) is 2.16. The Morgan fingerprint density at radius 1 is 1.64 bits per heavy atom. The van der Waals surface area contributed by atoms with E-state index in [1.165, 1.54) is 0 Å². The van der Waals surface area contributed by atoms with Crippen LogP contribution in [0.3, 0.4) is 0 Å². The van der Waals surface area contributed by atoms with Gasteiger partial charge in [0, 0.05) is 0 Å². The predicted octanol–water partition coefficient (Wildman–Crippen LogP) is 2.28. The number of hydrogen-bond acceptors (Lipinski definition) is 3. The summed E-state index contributed by atoms with van der Waals surface area (Å²) in [5.74, 6) is 1.02. The van der Waals surface area contributed by atoms with E-state index in [1.54, 1.807) is 11.8 Å². The highest BCUT2D eigenvalue weighted by Crippen LogP contribution is 2.48. The average molecular weight is 229 g/mol. The second kappa shape index (κ2) is 3.49. The van der Waals surface area contributed by atoms with Crippen LogP contribution in [0.2, 0.25) is 0 Å². The molecule has 2 heterocycles. The van der Waals surface area contributed by atoms with Crippen molar-refractivity contribution in [2.45, 2.75) is 38.6 Å². The Labute approximate surface area is 94.4 Å². The minimum absolute atomic E-state index is 0.174. The normalized spacial score (nSPS) is 38.2. The van der Waals surface area contributed by atoms with E-state index in [1.807, 2.05) is 11.8 Å². The lowest BCUT2D eigenvalue weighted by atomic mass is 9.83. The predicted molar refractivity (Wildman–Crippen MR) is 63.2 cm³/mol. The molecule has 0 bridgehead atoms. The maximum Gasteiger partial charge on any atom is 0.230 e. The van der Waals surface area contributed by atoms with Gasteiger partial charge in [0.25, 0.3) is 0 Å². The second-order valence-electron chi connectivity index (χ2n) is 4.16. The topological polar surface area (TPSA) is 20.3 Å². The number of carbonyl (C=O) groups is 1. The third-order valence-electron chi connectivity index (χ3n) is 3.37. The minimum atomic E-state index is 0.174. The summed E-state index contributed by atoms with van der Waals surface area (Å²) in [4.78, 5) is 13.8. The van der Waals surface area contributed by atoms with E-state index >= 15 is 0 Å². The van der Waals surface area contributed by atoms with Crippen LogP contribution in [0, 0.1) is 11.8 Å². The first-order chi connectivity index (χ1) is 6.57. The lowest BCUT2D eigenvalue weighted by Crippen LogP contribution is -2.60. The molecule has 0 saturated carbocycles. The van der Waals surface area contributed by atoms with Gasteiger partial charge in [0.2, 0.25) is 5.91 Å². The first-order valence-electron chi connectivity index (χ1n) is 5.10. The maximum absolute atomic E-state index is 11.9. The van der Waals surface area contributed by atoms with Crippen molar-refractivity contribution in [3.8, 4) is 0 Å². The van der Waals surface area contributed by atoms with Crippen molar-refractivity contribution in [3.05, 3.63) is 0 Å². The smallest absolute Gasteiger partial charge is 0.230 e. The van der Waals surface area contributed by atoms with Gasteiger partial charge >= 0.3 is 0 Å². The molecule has 0 N–H and O–H groups in total. The molecule has 2 aliphatic rings. The molecule has 4 heteroatoms. The van der Waals surface area contributed by atoms with E-state index in [0.717, 1.165) is 10.6 Å². The standard InChI is InChI=1S/C10H15NOS2/c1-4-5(2)7-8(12)11-6(3)10(13)14-9(7)11/h5-7,9H,4H2,1-3H3/t5-,6?,7+,9+/m0/s1. The summed E-state index contributed by atoms with van der Waals surface area (Å²) in [6, 6.07) is 0.174. The average Bonchev–Trinajstić information content (AvgIpc) is 2.39. The van der Waals surface area contributed by atoms with Crippen LogP contribution in [0.4, 0.5) is 0 Å². The number of carbonyl (C=O) groups excluding carboxylic acids is 1. The number of fused-ring (bicyclic) bond motifs is 1. The molecule has 14 heavy (non-hydrogen) atoms. The highest BCUT2D eigenvalue weighted by atomic mass is 32.2. The Balaban J connectivity index is 2.14. The Bertz CT molecular complexity index is 292. The fraction of sp³-hybridized carbons (Fsp3) is 0.800. The van der Waals surface area contributed by atoms with E-state index < -0.39 is 0 Å². The molecule has 0 aromatic heterocycles. The van der Waals surface area contributed by atoms with Crippen LogP contribution in [0.5, 0.6) is 0 Å². The molecule has 0 radical (unpaired) electrons. The van der Waals surface area contributed by atoms with Crippen molar-refractivity contribution in [1.82, 2.24) is 4.90 Å². The van der Waals surface area contributed by atoms with Gasteiger partial charge in [-0.25, -0.2) is 0 Å². The van der Waals surface area contributed by atoms with Crippen LogP contribution in [-0.2, 0) is 4.79 Å². The van der Waals surface area contributed by atoms with E-state index in [9.17, 15) is 4.79 Å². The number of β-lactam (4-membered cyclic amide) rings is 1. The molecule has 1 amide bonds. The first kappa shape index (κ1) is 10.4. The lowest BCUT2D eigenvalue weighted by Gasteiger charge is -2.46. The zero-order valence-corrected chi connectivity index (χ0v) is 10.3. The van der Waals surface area contributed by atoms with Gasteiger partial charge in [-0.2, -0.15) is 0 Å². The quantitative estimate of drug-likeness (QED) is 0.535. The number of hydrogen-bond donors (Lipinski definition) is 0. The Morgan fingerprint density at radius 3 is 2.86 bits per heavy atom. The molecular formula is C10H15NOS2. The SMILES string of the molecule is CC[C@H](C)[C@@H]1C(=O)N2C(C)C(=S)S[C@H]12. The molecule has 78 valence electrons. The summed E-state index contributed by atoms with van der Waals surface area (Å²) >= 11 is 6.95. The molecule has 2 rings (SSSR count). The third-order valence-corrected chi connectivity index (χ3v) is 5.34. The first-order valence-corrected chi connectivity index (χ1v) is 6.39. The molecule has 2 nitrogen and oxygen atoms in total. The van der Waals surface area contributed by atoms with Gasteiger partial charge in [-0.3, -0.25) is 4.79 Å². The highest BCUT2D eigenvalue weighted by molar-refractivity contribution is 8.24. The molecular weight excluding hydrogens is 214 g/mol. The van der Waals surface area contributed by atoms with Crippen molar-refractivity contribution in [2.75, 3.05) is 0 Å². The minimum Gasteiger partial charge on any atom is -0.321 e. The zero-order valence-electron chi connectivity index (χ0n) is 8.69. The second-order valence-corrected chi connectivity index (χ2v) is 6.02. The Kier molecular flexibility index (Phi) is 2.60. The lowest BCUT2D eigenvalue weighted by molar-refractivity contribution is -0.154. The van der Waals surface area contributed by atoms with Crippen LogP contribution < -0.4 is 0 Å². The summed E-state index contributed by atoms with van der Waals surface area (Å²) in [5.41, 5.74) is 0. The van der Waals surface area contributed by atoms with Crippen LogP contribution in [0.15, 0.2) is 0 Å². The number of rotatable bonds is 2. The van der Waals surface area contributed by atoms with E-state index in [-0.39, 0.29) is 12.0 Å². The van der Waals surface area contributed by atoms with Gasteiger partial charge < -0.3 is 4.90 Å². The molecule has 0 aliphatic carbocycles. The largest absolute Gasteiger partial charge is 0.321 e. The molecule has 1 unspecified atom stereocenters. The fourth-order valence-corrected chi connectivity index (χ4v) is 4.05. The number of nitrogens with zero attached hydrogens (tertiary/aromatic N) is 1. The van der Waals surface area contributed by atoms with Crippen molar-refractivity contribution in [2.24, 2.45) is 11.8 Å². The Morgan fingerprint density at radius 2 is 2.29 bits per heavy atom. The van der Waals surface area contributed by atoms with Crippen molar-refractivity contribution in [3.63, 3.8) is 0 Å².